The number of fused-ring (bicyclic) bond motifs is 9. The summed E-state index contributed by atoms with van der Waals surface area (Å²) in [6, 6.07) is 16.3. The number of halogens is 2. The molecule has 0 aliphatic heterocycles. The molecule has 0 saturated carbocycles. The normalized spacial score (nSPS) is 12.2. The van der Waals surface area contributed by atoms with Gasteiger partial charge in [-0.2, -0.15) is 21.0 Å². The van der Waals surface area contributed by atoms with E-state index >= 15 is 0 Å². The van der Waals surface area contributed by atoms with Gasteiger partial charge in [0, 0.05) is 32.0 Å². The van der Waals surface area contributed by atoms with Gasteiger partial charge in [-0.15, -0.1) is 22.7 Å². The summed E-state index contributed by atoms with van der Waals surface area (Å²) in [5.74, 6) is -0.944. The van der Waals surface area contributed by atoms with Gasteiger partial charge >= 0.3 is 0 Å². The number of hydrogen-bond acceptors (Lipinski definition) is 6. The molecular formula is C26H6F2N4S2. The van der Waals surface area contributed by atoms with Crippen molar-refractivity contribution in [1.29, 1.82) is 21.0 Å². The minimum absolute atomic E-state index is 0.101. The van der Waals surface area contributed by atoms with E-state index in [1.165, 1.54) is 46.9 Å². The van der Waals surface area contributed by atoms with Crippen molar-refractivity contribution in [3.63, 3.8) is 0 Å². The lowest BCUT2D eigenvalue weighted by atomic mass is 10.0. The van der Waals surface area contributed by atoms with Gasteiger partial charge in [0.25, 0.3) is 0 Å². The van der Waals surface area contributed by atoms with Crippen LogP contribution in [0.25, 0.3) is 42.8 Å². The minimum Gasteiger partial charge on any atom is -0.207 e. The van der Waals surface area contributed by atoms with Gasteiger partial charge < -0.3 is 0 Å². The molecule has 2 aliphatic carbocycles. The van der Waals surface area contributed by atoms with Crippen molar-refractivity contribution in [2.24, 2.45) is 0 Å². The van der Waals surface area contributed by atoms with E-state index in [2.05, 4.69) is 0 Å². The summed E-state index contributed by atoms with van der Waals surface area (Å²) in [4.78, 5) is 1.40. The van der Waals surface area contributed by atoms with E-state index in [1.807, 2.05) is 24.3 Å². The van der Waals surface area contributed by atoms with Gasteiger partial charge in [0.05, 0.1) is 9.40 Å². The Hall–Kier alpha value is -4.60. The molecule has 0 radical (unpaired) electrons. The Bertz CT molecular complexity index is 1710. The lowest BCUT2D eigenvalue weighted by Crippen LogP contribution is -1.87. The molecule has 8 heteroatoms. The summed E-state index contributed by atoms with van der Waals surface area (Å²) in [5.41, 5.74) is 4.60. The number of hydrogen-bond donors (Lipinski definition) is 0. The van der Waals surface area contributed by atoms with Gasteiger partial charge in [-0.1, -0.05) is 12.1 Å². The van der Waals surface area contributed by atoms with E-state index < -0.39 is 11.6 Å². The molecule has 0 fully saturated rings. The van der Waals surface area contributed by atoms with Gasteiger partial charge in [-0.3, -0.25) is 0 Å². The van der Waals surface area contributed by atoms with E-state index in [1.54, 1.807) is 12.1 Å². The van der Waals surface area contributed by atoms with Crippen LogP contribution in [0.4, 0.5) is 8.78 Å². The van der Waals surface area contributed by atoms with Crippen molar-refractivity contribution in [3.8, 4) is 46.5 Å². The average Bonchev–Trinajstić information content (AvgIpc) is 3.52. The molecule has 2 aromatic heterocycles. The van der Waals surface area contributed by atoms with E-state index in [-0.39, 0.29) is 11.1 Å². The van der Waals surface area contributed by atoms with Crippen molar-refractivity contribution in [3.05, 3.63) is 80.1 Å². The first-order valence-corrected chi connectivity index (χ1v) is 11.4. The highest BCUT2D eigenvalue weighted by Crippen LogP contribution is 2.61. The van der Waals surface area contributed by atoms with Gasteiger partial charge in [0.1, 0.15) is 47.1 Å². The lowest BCUT2D eigenvalue weighted by molar-refractivity contribution is 0.627. The van der Waals surface area contributed by atoms with Crippen molar-refractivity contribution < 1.29 is 8.78 Å². The average molecular weight is 476 g/mol. The van der Waals surface area contributed by atoms with Crippen LogP contribution in [0, 0.1) is 57.0 Å². The zero-order valence-corrected chi connectivity index (χ0v) is 18.5. The fourth-order valence-electron chi connectivity index (χ4n) is 4.67. The van der Waals surface area contributed by atoms with Crippen LogP contribution in [-0.2, 0) is 0 Å². The minimum atomic E-state index is -0.472. The molecule has 0 saturated heterocycles. The molecule has 0 spiro atoms. The Morgan fingerprint density at radius 1 is 0.588 bits per heavy atom. The predicted octanol–water partition coefficient (Wildman–Crippen LogP) is 6.90. The molecule has 0 bridgehead atoms. The van der Waals surface area contributed by atoms with Crippen LogP contribution in [0.15, 0.2) is 47.5 Å². The van der Waals surface area contributed by atoms with Gasteiger partial charge in [0.2, 0.25) is 0 Å². The highest BCUT2D eigenvalue weighted by Gasteiger charge is 2.37. The molecule has 2 aromatic carbocycles. The Morgan fingerprint density at radius 3 is 1.32 bits per heavy atom. The largest absolute Gasteiger partial charge is 0.207 e. The number of thiophene rings is 2. The highest BCUT2D eigenvalue weighted by atomic mass is 32.1. The molecular weight excluding hydrogens is 470 g/mol. The van der Waals surface area contributed by atoms with Gasteiger partial charge in [0.15, 0.2) is 0 Å². The standard InChI is InChI=1S/C26H6F2N4S2/c27-13-1-3-15-17(5-13)19(11(7-29)8-30)23-21(15)25-26(33-23)22-16-4-2-14(28)6-18(16)20(24(22)34-25)12(9-31)10-32/h1-6H. The van der Waals surface area contributed by atoms with Crippen LogP contribution >= 0.6 is 22.7 Å². The topological polar surface area (TPSA) is 95.2 Å². The van der Waals surface area contributed by atoms with E-state index in [0.717, 1.165) is 20.5 Å². The monoisotopic (exact) mass is 476 g/mol. The van der Waals surface area contributed by atoms with Crippen LogP contribution in [0.2, 0.25) is 0 Å². The maximum atomic E-state index is 14.1. The number of rotatable bonds is 0. The van der Waals surface area contributed by atoms with E-state index in [4.69, 9.17) is 0 Å². The summed E-state index contributed by atoms with van der Waals surface area (Å²) < 4.78 is 29.9. The molecule has 2 aliphatic rings. The molecule has 6 rings (SSSR count). The van der Waals surface area contributed by atoms with E-state index in [9.17, 15) is 29.8 Å². The Balaban J connectivity index is 1.78. The number of nitriles is 4. The Labute approximate surface area is 199 Å². The van der Waals surface area contributed by atoms with Crippen molar-refractivity contribution in [2.45, 2.75) is 0 Å². The summed E-state index contributed by atoms with van der Waals surface area (Å²) in [7, 11) is 0. The Kier molecular flexibility index (Phi) is 4.09. The molecule has 4 nitrogen and oxygen atoms in total. The molecule has 34 heavy (non-hydrogen) atoms. The number of allylic oxidation sites excluding steroid dienone is 2. The summed E-state index contributed by atoms with van der Waals surface area (Å²) in [6.45, 7) is 0. The van der Waals surface area contributed by atoms with Crippen LogP contribution in [0.5, 0.6) is 0 Å². The number of benzene rings is 2. The summed E-state index contributed by atoms with van der Waals surface area (Å²) in [6.07, 6.45) is 0. The lowest BCUT2D eigenvalue weighted by Gasteiger charge is -2.04. The molecule has 0 unspecified atom stereocenters. The molecule has 156 valence electrons. The van der Waals surface area contributed by atoms with Gasteiger partial charge in [-0.25, -0.2) is 8.78 Å². The maximum Gasteiger partial charge on any atom is 0.138 e. The second kappa shape index (κ2) is 6.95. The van der Waals surface area contributed by atoms with E-state index in [0.29, 0.717) is 43.2 Å². The van der Waals surface area contributed by atoms with Crippen LogP contribution < -0.4 is 0 Å². The molecule has 0 N–H and O–H groups in total. The second-order valence-electron chi connectivity index (χ2n) is 7.60. The first-order chi connectivity index (χ1) is 16.5. The van der Waals surface area contributed by atoms with Crippen LogP contribution in [-0.4, -0.2) is 0 Å². The third-order valence-electron chi connectivity index (χ3n) is 5.96. The molecule has 2 heterocycles. The quantitative estimate of drug-likeness (QED) is 0.223. The third-order valence-corrected chi connectivity index (χ3v) is 8.54. The smallest absolute Gasteiger partial charge is 0.138 e. The summed E-state index contributed by atoms with van der Waals surface area (Å²) in [5, 5.41) is 38.3. The Morgan fingerprint density at radius 2 is 0.971 bits per heavy atom. The molecule has 4 aromatic rings. The van der Waals surface area contributed by atoms with Crippen molar-refractivity contribution in [2.75, 3.05) is 0 Å². The third kappa shape index (κ3) is 2.39. The number of nitrogens with zero attached hydrogens (tertiary/aromatic N) is 4. The zero-order chi connectivity index (χ0) is 23.7. The van der Waals surface area contributed by atoms with Crippen molar-refractivity contribution >= 4 is 43.2 Å². The second-order valence-corrected chi connectivity index (χ2v) is 9.64. The SMILES string of the molecule is N#CC(C#N)=C1c2cc(F)ccc2-c2c1sc1c3c(sc21)C(=C(C#N)C#N)c1cc(F)ccc1-3. The maximum absolute atomic E-state index is 14.1. The highest BCUT2D eigenvalue weighted by molar-refractivity contribution is 7.31. The first kappa shape index (κ1) is 20.0. The fourth-order valence-corrected chi connectivity index (χ4v) is 7.73. The van der Waals surface area contributed by atoms with Crippen molar-refractivity contribution in [1.82, 2.24) is 0 Å². The summed E-state index contributed by atoms with van der Waals surface area (Å²) >= 11 is 2.74. The molecule has 0 amide bonds. The van der Waals surface area contributed by atoms with Crippen LogP contribution in [0.3, 0.4) is 0 Å². The fraction of sp³-hybridized carbons (Fsp3) is 0. The zero-order valence-electron chi connectivity index (χ0n) is 16.8. The molecule has 0 atom stereocenters. The predicted molar refractivity (Wildman–Crippen MR) is 125 cm³/mol. The first-order valence-electron chi connectivity index (χ1n) is 9.81. The van der Waals surface area contributed by atoms with Crippen LogP contribution in [0.1, 0.15) is 20.9 Å². The van der Waals surface area contributed by atoms with Gasteiger partial charge in [-0.05, 0) is 46.5 Å².